The summed E-state index contributed by atoms with van der Waals surface area (Å²) >= 11 is 0. The minimum Gasteiger partial charge on any atom is -0.497 e. The first-order valence-electron chi connectivity index (χ1n) is 10.1. The van der Waals surface area contributed by atoms with Crippen LogP contribution in [-0.2, 0) is 22.6 Å². The van der Waals surface area contributed by atoms with Crippen molar-refractivity contribution in [2.24, 2.45) is 5.92 Å². The average molecular weight is 396 g/mol. The molecular formula is C23H29N3O3. The number of fused-ring (bicyclic) bond motifs is 1. The van der Waals surface area contributed by atoms with Crippen LogP contribution in [0.1, 0.15) is 31.4 Å². The lowest BCUT2D eigenvalue weighted by Gasteiger charge is -2.29. The third kappa shape index (κ3) is 5.15. The fourth-order valence-electron chi connectivity index (χ4n) is 3.52. The lowest BCUT2D eigenvalue weighted by molar-refractivity contribution is -0.129. The van der Waals surface area contributed by atoms with Crippen LogP contribution in [0.25, 0.3) is 0 Å². The maximum atomic E-state index is 12.9. The van der Waals surface area contributed by atoms with Gasteiger partial charge in [0, 0.05) is 18.3 Å². The number of anilines is 1. The Balaban J connectivity index is 1.68. The van der Waals surface area contributed by atoms with Crippen LogP contribution in [0.5, 0.6) is 5.75 Å². The Bertz CT molecular complexity index is 868. The van der Waals surface area contributed by atoms with Crippen LogP contribution in [-0.4, -0.2) is 31.0 Å². The van der Waals surface area contributed by atoms with Crippen LogP contribution in [0.2, 0.25) is 0 Å². The normalized spacial score (nSPS) is 17.6. The molecule has 0 spiro atoms. The van der Waals surface area contributed by atoms with E-state index in [1.807, 2.05) is 38.1 Å². The van der Waals surface area contributed by atoms with Crippen LogP contribution in [0, 0.1) is 5.92 Å². The van der Waals surface area contributed by atoms with E-state index in [2.05, 4.69) is 28.1 Å². The lowest BCUT2D eigenvalue weighted by Crippen LogP contribution is -2.55. The predicted molar refractivity (Wildman–Crippen MR) is 114 cm³/mol. The SMILES string of the molecule is CC[C@H](C)[C@@H](NC(=O)[C@H]1Cc2ccccc2CN1)C(=O)Nc1cccc(OC)c1. The van der Waals surface area contributed by atoms with Crippen molar-refractivity contribution in [1.29, 1.82) is 0 Å². The van der Waals surface area contributed by atoms with E-state index < -0.39 is 6.04 Å². The first-order valence-corrected chi connectivity index (χ1v) is 10.1. The number of carbonyl (C=O) groups excluding carboxylic acids is 2. The van der Waals surface area contributed by atoms with Crippen LogP contribution in [0.15, 0.2) is 48.5 Å². The Kier molecular flexibility index (Phi) is 6.88. The fourth-order valence-corrected chi connectivity index (χ4v) is 3.52. The van der Waals surface area contributed by atoms with Crippen LogP contribution < -0.4 is 20.7 Å². The van der Waals surface area contributed by atoms with Crippen LogP contribution >= 0.6 is 0 Å². The minimum absolute atomic E-state index is 0.000402. The van der Waals surface area contributed by atoms with Crippen molar-refractivity contribution in [2.45, 2.75) is 45.3 Å². The molecule has 2 aromatic carbocycles. The van der Waals surface area contributed by atoms with E-state index in [-0.39, 0.29) is 23.8 Å². The van der Waals surface area contributed by atoms with Gasteiger partial charge < -0.3 is 20.7 Å². The number of carbonyl (C=O) groups is 2. The van der Waals surface area contributed by atoms with E-state index in [1.54, 1.807) is 19.2 Å². The second kappa shape index (κ2) is 9.56. The Morgan fingerprint density at radius 2 is 1.93 bits per heavy atom. The third-order valence-electron chi connectivity index (χ3n) is 5.53. The molecule has 0 aliphatic carbocycles. The van der Waals surface area contributed by atoms with Crippen molar-refractivity contribution in [3.63, 3.8) is 0 Å². The lowest BCUT2D eigenvalue weighted by atomic mass is 9.94. The third-order valence-corrected chi connectivity index (χ3v) is 5.53. The largest absolute Gasteiger partial charge is 0.497 e. The zero-order chi connectivity index (χ0) is 20.8. The monoisotopic (exact) mass is 395 g/mol. The molecule has 3 rings (SSSR count). The van der Waals surface area contributed by atoms with Crippen LogP contribution in [0.3, 0.4) is 0 Å². The molecule has 0 aromatic heterocycles. The van der Waals surface area contributed by atoms with E-state index in [9.17, 15) is 9.59 Å². The molecule has 6 nitrogen and oxygen atoms in total. The Morgan fingerprint density at radius 1 is 1.17 bits per heavy atom. The summed E-state index contributed by atoms with van der Waals surface area (Å²) < 4.78 is 5.21. The summed E-state index contributed by atoms with van der Waals surface area (Å²) in [7, 11) is 1.58. The molecule has 1 aliphatic rings. The number of nitrogens with one attached hydrogen (secondary N) is 3. The van der Waals surface area contributed by atoms with Gasteiger partial charge in [-0.3, -0.25) is 9.59 Å². The number of methoxy groups -OCH3 is 1. The molecule has 2 amide bonds. The maximum Gasteiger partial charge on any atom is 0.247 e. The topological polar surface area (TPSA) is 79.5 Å². The standard InChI is InChI=1S/C23H29N3O3/c1-4-15(2)21(23(28)25-18-10-7-11-19(13-18)29-3)26-22(27)20-12-16-8-5-6-9-17(16)14-24-20/h5-11,13,15,20-21,24H,4,12,14H2,1-3H3,(H,25,28)(H,26,27)/t15-,20+,21+/m0/s1. The molecule has 1 heterocycles. The molecule has 3 atom stereocenters. The minimum atomic E-state index is -0.613. The van der Waals surface area contributed by atoms with Gasteiger partial charge >= 0.3 is 0 Å². The van der Waals surface area contributed by atoms with Gasteiger partial charge in [-0.05, 0) is 35.6 Å². The molecule has 0 radical (unpaired) electrons. The van der Waals surface area contributed by atoms with Gasteiger partial charge in [-0.2, -0.15) is 0 Å². The quantitative estimate of drug-likeness (QED) is 0.674. The predicted octanol–water partition coefficient (Wildman–Crippen LogP) is 2.88. The second-order valence-corrected chi connectivity index (χ2v) is 7.50. The van der Waals surface area contributed by atoms with Gasteiger partial charge in [0.25, 0.3) is 0 Å². The molecule has 154 valence electrons. The first kappa shape index (κ1) is 20.9. The molecule has 2 aromatic rings. The van der Waals surface area contributed by atoms with E-state index in [4.69, 9.17) is 4.74 Å². The number of rotatable bonds is 7. The highest BCUT2D eigenvalue weighted by atomic mass is 16.5. The summed E-state index contributed by atoms with van der Waals surface area (Å²) in [5.41, 5.74) is 3.03. The summed E-state index contributed by atoms with van der Waals surface area (Å²) in [6.45, 7) is 4.63. The van der Waals surface area contributed by atoms with Gasteiger partial charge in [-0.1, -0.05) is 50.6 Å². The van der Waals surface area contributed by atoms with E-state index in [1.165, 1.54) is 11.1 Å². The zero-order valence-corrected chi connectivity index (χ0v) is 17.2. The summed E-state index contributed by atoms with van der Waals surface area (Å²) in [6, 6.07) is 14.3. The first-order chi connectivity index (χ1) is 14.0. The number of ether oxygens (including phenoxy) is 1. The van der Waals surface area contributed by atoms with E-state index in [0.717, 1.165) is 6.42 Å². The van der Waals surface area contributed by atoms with Crippen molar-refractivity contribution < 1.29 is 14.3 Å². The van der Waals surface area contributed by atoms with Crippen LogP contribution in [0.4, 0.5) is 5.69 Å². The number of hydrogen-bond donors (Lipinski definition) is 3. The summed E-state index contributed by atoms with van der Waals surface area (Å²) in [5.74, 6) is 0.292. The molecule has 0 fully saturated rings. The molecule has 1 aliphatic heterocycles. The van der Waals surface area contributed by atoms with Crippen molar-refractivity contribution in [3.05, 3.63) is 59.7 Å². The molecular weight excluding hydrogens is 366 g/mol. The number of benzene rings is 2. The highest BCUT2D eigenvalue weighted by Crippen LogP contribution is 2.19. The number of hydrogen-bond acceptors (Lipinski definition) is 4. The van der Waals surface area contributed by atoms with Crippen molar-refractivity contribution in [1.82, 2.24) is 10.6 Å². The molecule has 6 heteroatoms. The maximum absolute atomic E-state index is 12.9. The van der Waals surface area contributed by atoms with Crippen molar-refractivity contribution >= 4 is 17.5 Å². The van der Waals surface area contributed by atoms with Gasteiger partial charge in [0.1, 0.15) is 11.8 Å². The summed E-state index contributed by atoms with van der Waals surface area (Å²) in [4.78, 5) is 25.9. The summed E-state index contributed by atoms with van der Waals surface area (Å²) in [5, 5.41) is 9.15. The van der Waals surface area contributed by atoms with Crippen molar-refractivity contribution in [2.75, 3.05) is 12.4 Å². The van der Waals surface area contributed by atoms with Gasteiger partial charge in [0.15, 0.2) is 0 Å². The van der Waals surface area contributed by atoms with Gasteiger partial charge in [0.2, 0.25) is 11.8 Å². The Morgan fingerprint density at radius 3 is 2.66 bits per heavy atom. The highest BCUT2D eigenvalue weighted by molar-refractivity contribution is 5.98. The Hall–Kier alpha value is -2.86. The van der Waals surface area contributed by atoms with E-state index in [0.29, 0.717) is 24.4 Å². The summed E-state index contributed by atoms with van der Waals surface area (Å²) in [6.07, 6.45) is 1.39. The molecule has 0 bridgehead atoms. The molecule has 0 saturated heterocycles. The van der Waals surface area contributed by atoms with E-state index >= 15 is 0 Å². The fraction of sp³-hybridized carbons (Fsp3) is 0.391. The van der Waals surface area contributed by atoms with Gasteiger partial charge in [-0.25, -0.2) is 0 Å². The Labute approximate surface area is 172 Å². The second-order valence-electron chi connectivity index (χ2n) is 7.50. The average Bonchev–Trinajstić information content (AvgIpc) is 2.76. The smallest absolute Gasteiger partial charge is 0.247 e. The molecule has 0 saturated carbocycles. The van der Waals surface area contributed by atoms with Crippen molar-refractivity contribution in [3.8, 4) is 5.75 Å². The van der Waals surface area contributed by atoms with Gasteiger partial charge in [0.05, 0.1) is 13.2 Å². The van der Waals surface area contributed by atoms with Gasteiger partial charge in [-0.15, -0.1) is 0 Å². The molecule has 0 unspecified atom stereocenters. The zero-order valence-electron chi connectivity index (χ0n) is 17.2. The molecule has 29 heavy (non-hydrogen) atoms. The highest BCUT2D eigenvalue weighted by Gasteiger charge is 2.30. The number of amides is 2. The molecule has 3 N–H and O–H groups in total.